The molecule has 2 rings (SSSR count). The number of nitrogens with one attached hydrogen (secondary N) is 1. The molecule has 0 spiro atoms. The molecule has 0 bridgehead atoms. The van der Waals surface area contributed by atoms with E-state index in [2.05, 4.69) is 10.1 Å². The Bertz CT molecular complexity index is 572. The van der Waals surface area contributed by atoms with E-state index in [1.54, 1.807) is 17.5 Å². The predicted octanol–water partition coefficient (Wildman–Crippen LogP) is 3.74. The van der Waals surface area contributed by atoms with Crippen LogP contribution in [0.1, 0.15) is 9.67 Å². The molecular weight excluding hydrogens is 279 g/mol. The molecule has 0 saturated carbocycles. The van der Waals surface area contributed by atoms with Gasteiger partial charge >= 0.3 is 6.61 Å². The molecule has 1 N–H and O–H groups in total. The van der Waals surface area contributed by atoms with Crippen LogP contribution in [0.3, 0.4) is 0 Å². The Morgan fingerprint density at radius 1 is 1.32 bits per heavy atom. The smallest absolute Gasteiger partial charge is 0.387 e. The van der Waals surface area contributed by atoms with Gasteiger partial charge in [0.2, 0.25) is 0 Å². The van der Waals surface area contributed by atoms with Crippen molar-refractivity contribution in [2.24, 2.45) is 0 Å². The zero-order valence-corrected chi connectivity index (χ0v) is 10.2. The summed E-state index contributed by atoms with van der Waals surface area (Å²) in [5, 5.41) is 4.19. The van der Waals surface area contributed by atoms with Crippen molar-refractivity contribution >= 4 is 22.9 Å². The van der Waals surface area contributed by atoms with Crippen molar-refractivity contribution in [3.8, 4) is 5.75 Å². The van der Waals surface area contributed by atoms with E-state index in [0.29, 0.717) is 4.88 Å². The first-order valence-electron chi connectivity index (χ1n) is 5.15. The number of benzene rings is 1. The van der Waals surface area contributed by atoms with E-state index < -0.39 is 24.1 Å². The lowest BCUT2D eigenvalue weighted by atomic mass is 10.3. The Labute approximate surface area is 110 Å². The van der Waals surface area contributed by atoms with Crippen LogP contribution < -0.4 is 10.1 Å². The monoisotopic (exact) mass is 287 g/mol. The van der Waals surface area contributed by atoms with Crippen LogP contribution in [0, 0.1) is 5.82 Å². The molecule has 3 nitrogen and oxygen atoms in total. The Morgan fingerprint density at radius 3 is 2.68 bits per heavy atom. The van der Waals surface area contributed by atoms with Gasteiger partial charge in [-0.2, -0.15) is 8.78 Å². The highest BCUT2D eigenvalue weighted by Gasteiger charge is 2.12. The van der Waals surface area contributed by atoms with Crippen molar-refractivity contribution in [3.63, 3.8) is 0 Å². The van der Waals surface area contributed by atoms with Crippen molar-refractivity contribution in [2.75, 3.05) is 5.32 Å². The molecule has 1 heterocycles. The minimum atomic E-state index is -3.10. The molecule has 100 valence electrons. The molecule has 1 amide bonds. The van der Waals surface area contributed by atoms with Gasteiger partial charge in [-0.1, -0.05) is 6.07 Å². The van der Waals surface area contributed by atoms with E-state index >= 15 is 0 Å². The van der Waals surface area contributed by atoms with Crippen LogP contribution in [-0.2, 0) is 0 Å². The van der Waals surface area contributed by atoms with Crippen molar-refractivity contribution in [2.45, 2.75) is 6.61 Å². The van der Waals surface area contributed by atoms with Gasteiger partial charge in [-0.25, -0.2) is 4.39 Å². The SMILES string of the molecule is O=C(Nc1ccc(OC(F)F)c(F)c1)c1cccs1. The number of carbonyl (C=O) groups excluding carboxylic acids is 1. The standard InChI is InChI=1S/C12H8F3NO2S/c13-8-6-7(3-4-9(8)18-12(14)15)16-11(17)10-2-1-5-19-10/h1-6,12H,(H,16,17). The average molecular weight is 287 g/mol. The number of carbonyl (C=O) groups is 1. The van der Waals surface area contributed by atoms with Crippen molar-refractivity contribution in [1.82, 2.24) is 0 Å². The van der Waals surface area contributed by atoms with E-state index in [9.17, 15) is 18.0 Å². The van der Waals surface area contributed by atoms with Gasteiger partial charge in [0, 0.05) is 11.8 Å². The third kappa shape index (κ3) is 3.47. The highest BCUT2D eigenvalue weighted by Crippen LogP contribution is 2.23. The van der Waals surface area contributed by atoms with E-state index in [-0.39, 0.29) is 5.69 Å². The summed E-state index contributed by atoms with van der Waals surface area (Å²) >= 11 is 1.24. The molecule has 0 unspecified atom stereocenters. The van der Waals surface area contributed by atoms with Gasteiger partial charge in [0.05, 0.1) is 4.88 Å². The van der Waals surface area contributed by atoms with Crippen molar-refractivity contribution in [1.29, 1.82) is 0 Å². The van der Waals surface area contributed by atoms with Crippen LogP contribution in [0.5, 0.6) is 5.75 Å². The Hall–Kier alpha value is -2.02. The van der Waals surface area contributed by atoms with E-state index in [0.717, 1.165) is 12.1 Å². The van der Waals surface area contributed by atoms with Gasteiger partial charge in [-0.15, -0.1) is 11.3 Å². The van der Waals surface area contributed by atoms with Crippen LogP contribution in [0.25, 0.3) is 0 Å². The summed E-state index contributed by atoms with van der Waals surface area (Å²) in [6, 6.07) is 6.56. The van der Waals surface area contributed by atoms with Gasteiger partial charge in [0.25, 0.3) is 5.91 Å². The number of thiophene rings is 1. The molecule has 2 aromatic rings. The number of halogens is 3. The summed E-state index contributed by atoms with van der Waals surface area (Å²) in [5.41, 5.74) is 0.164. The third-order valence-corrected chi connectivity index (χ3v) is 3.02. The maximum Gasteiger partial charge on any atom is 0.387 e. The predicted molar refractivity (Wildman–Crippen MR) is 65.3 cm³/mol. The van der Waals surface area contributed by atoms with Crippen LogP contribution in [0.15, 0.2) is 35.7 Å². The molecule has 0 atom stereocenters. The van der Waals surface area contributed by atoms with E-state index in [4.69, 9.17) is 0 Å². The maximum atomic E-state index is 13.4. The summed E-state index contributed by atoms with van der Waals surface area (Å²) in [5.74, 6) is -1.93. The molecule has 0 saturated heterocycles. The van der Waals surface area contributed by atoms with Crippen LogP contribution >= 0.6 is 11.3 Å². The Kier molecular flexibility index (Phi) is 4.06. The number of anilines is 1. The molecule has 1 aromatic carbocycles. The first-order valence-corrected chi connectivity index (χ1v) is 6.03. The lowest BCUT2D eigenvalue weighted by molar-refractivity contribution is -0.0521. The minimum absolute atomic E-state index is 0.164. The van der Waals surface area contributed by atoms with Crippen LogP contribution in [0.4, 0.5) is 18.9 Å². The van der Waals surface area contributed by atoms with Crippen LogP contribution in [0.2, 0.25) is 0 Å². The fraction of sp³-hybridized carbons (Fsp3) is 0.0833. The van der Waals surface area contributed by atoms with Gasteiger partial charge in [-0.05, 0) is 23.6 Å². The second kappa shape index (κ2) is 5.75. The van der Waals surface area contributed by atoms with E-state index in [1.807, 2.05) is 0 Å². The topological polar surface area (TPSA) is 38.3 Å². The summed E-state index contributed by atoms with van der Waals surface area (Å²) < 4.78 is 41.2. The zero-order valence-electron chi connectivity index (χ0n) is 9.40. The number of alkyl halides is 2. The maximum absolute atomic E-state index is 13.4. The fourth-order valence-corrected chi connectivity index (χ4v) is 1.99. The molecule has 0 fully saturated rings. The molecule has 0 aliphatic rings. The summed E-state index contributed by atoms with van der Waals surface area (Å²) in [6.07, 6.45) is 0. The second-order valence-electron chi connectivity index (χ2n) is 3.46. The number of hydrogen-bond acceptors (Lipinski definition) is 3. The number of amides is 1. The highest BCUT2D eigenvalue weighted by molar-refractivity contribution is 7.12. The van der Waals surface area contributed by atoms with E-state index in [1.165, 1.54) is 17.4 Å². The summed E-state index contributed by atoms with van der Waals surface area (Å²) in [6.45, 7) is -3.10. The molecule has 7 heteroatoms. The first kappa shape index (κ1) is 13.4. The van der Waals surface area contributed by atoms with Crippen LogP contribution in [-0.4, -0.2) is 12.5 Å². The zero-order chi connectivity index (χ0) is 13.8. The highest BCUT2D eigenvalue weighted by atomic mass is 32.1. The molecule has 0 radical (unpaired) electrons. The minimum Gasteiger partial charge on any atom is -0.432 e. The largest absolute Gasteiger partial charge is 0.432 e. The lowest BCUT2D eigenvalue weighted by Crippen LogP contribution is -2.10. The first-order chi connectivity index (χ1) is 9.06. The molecule has 0 aliphatic heterocycles. The number of ether oxygens (including phenoxy) is 1. The Balaban J connectivity index is 2.10. The molecule has 19 heavy (non-hydrogen) atoms. The second-order valence-corrected chi connectivity index (χ2v) is 4.40. The van der Waals surface area contributed by atoms with Crippen molar-refractivity contribution < 1.29 is 22.7 Å². The number of hydrogen-bond donors (Lipinski definition) is 1. The van der Waals surface area contributed by atoms with Crippen molar-refractivity contribution in [3.05, 3.63) is 46.4 Å². The van der Waals surface area contributed by atoms with Gasteiger partial charge in [-0.3, -0.25) is 4.79 Å². The normalized spacial score (nSPS) is 10.5. The van der Waals surface area contributed by atoms with Gasteiger partial charge in [0.1, 0.15) is 0 Å². The quantitative estimate of drug-likeness (QED) is 0.930. The van der Waals surface area contributed by atoms with Gasteiger partial charge < -0.3 is 10.1 Å². The average Bonchev–Trinajstić information content (AvgIpc) is 2.86. The fourth-order valence-electron chi connectivity index (χ4n) is 1.37. The number of rotatable bonds is 4. The lowest BCUT2D eigenvalue weighted by Gasteiger charge is -2.08. The third-order valence-electron chi connectivity index (χ3n) is 2.15. The Morgan fingerprint density at radius 2 is 2.11 bits per heavy atom. The molecule has 0 aliphatic carbocycles. The summed E-state index contributed by atoms with van der Waals surface area (Å²) in [7, 11) is 0. The van der Waals surface area contributed by atoms with Gasteiger partial charge in [0.15, 0.2) is 11.6 Å². The molecular formula is C12H8F3NO2S. The summed E-state index contributed by atoms with van der Waals surface area (Å²) in [4.78, 5) is 12.1. The molecule has 1 aromatic heterocycles.